The molecule has 156 valence electrons. The Labute approximate surface area is 174 Å². The molecule has 1 aromatic heterocycles. The molecule has 29 heavy (non-hydrogen) atoms. The molecular weight excluding hydrogens is 394 g/mol. The Morgan fingerprint density at radius 3 is 2.28 bits per heavy atom. The number of carbonyl (C=O) groups excluding carboxylic acids is 3. The highest BCUT2D eigenvalue weighted by Gasteiger charge is 2.27. The molecule has 8 heteroatoms. The predicted octanol–water partition coefficient (Wildman–Crippen LogP) is 3.91. The van der Waals surface area contributed by atoms with Crippen molar-refractivity contribution in [3.05, 3.63) is 45.3 Å². The lowest BCUT2D eigenvalue weighted by Gasteiger charge is -2.09. The summed E-state index contributed by atoms with van der Waals surface area (Å²) >= 11 is 1.01. The molecule has 0 aliphatic rings. The summed E-state index contributed by atoms with van der Waals surface area (Å²) in [4.78, 5) is 37.5. The van der Waals surface area contributed by atoms with Gasteiger partial charge in [0.05, 0.1) is 32.3 Å². The van der Waals surface area contributed by atoms with Gasteiger partial charge in [0, 0.05) is 0 Å². The molecule has 0 aliphatic heterocycles. The molecule has 0 spiro atoms. The third-order valence-corrected chi connectivity index (χ3v) is 5.35. The van der Waals surface area contributed by atoms with E-state index < -0.39 is 11.9 Å². The topological polar surface area (TPSA) is 90.9 Å². The molecule has 1 amide bonds. The number of methoxy groups -OCH3 is 1. The summed E-state index contributed by atoms with van der Waals surface area (Å²) in [5.74, 6) is -0.692. The number of nitrogens with one attached hydrogen (secondary N) is 1. The van der Waals surface area contributed by atoms with Gasteiger partial charge in [-0.1, -0.05) is 12.1 Å². The summed E-state index contributed by atoms with van der Waals surface area (Å²) in [5.41, 5.74) is 2.33. The maximum absolute atomic E-state index is 12.6. The van der Waals surface area contributed by atoms with Crippen LogP contribution in [0.25, 0.3) is 0 Å². The number of thiophene rings is 1. The summed E-state index contributed by atoms with van der Waals surface area (Å²) in [5, 5.41) is 3.02. The first kappa shape index (κ1) is 22.4. The van der Waals surface area contributed by atoms with Crippen molar-refractivity contribution in [2.75, 3.05) is 25.6 Å². The Kier molecular flexibility index (Phi) is 7.78. The summed E-state index contributed by atoms with van der Waals surface area (Å²) in [6, 6.07) is 5.48. The number of aryl methyl sites for hydroxylation is 1. The van der Waals surface area contributed by atoms with Crippen LogP contribution in [0.4, 0.5) is 5.00 Å². The van der Waals surface area contributed by atoms with Crippen molar-refractivity contribution in [3.8, 4) is 5.75 Å². The zero-order valence-corrected chi connectivity index (χ0v) is 18.0. The van der Waals surface area contributed by atoms with Crippen molar-refractivity contribution in [1.29, 1.82) is 0 Å². The van der Waals surface area contributed by atoms with E-state index in [4.69, 9.17) is 14.2 Å². The van der Waals surface area contributed by atoms with Crippen LogP contribution in [0.1, 0.15) is 50.6 Å². The van der Waals surface area contributed by atoms with E-state index in [-0.39, 0.29) is 41.0 Å². The third-order valence-electron chi connectivity index (χ3n) is 4.16. The van der Waals surface area contributed by atoms with E-state index >= 15 is 0 Å². The number of hydrogen-bond donors (Lipinski definition) is 1. The van der Waals surface area contributed by atoms with Crippen molar-refractivity contribution in [2.45, 2.75) is 34.1 Å². The fourth-order valence-corrected chi connectivity index (χ4v) is 3.95. The molecule has 0 unspecified atom stereocenters. The monoisotopic (exact) mass is 419 g/mol. The number of ether oxygens (including phenoxy) is 3. The van der Waals surface area contributed by atoms with Crippen LogP contribution in [-0.4, -0.2) is 38.2 Å². The van der Waals surface area contributed by atoms with E-state index in [0.717, 1.165) is 28.2 Å². The Balaban J connectivity index is 2.28. The van der Waals surface area contributed by atoms with Gasteiger partial charge in [-0.25, -0.2) is 9.59 Å². The van der Waals surface area contributed by atoms with E-state index in [0.29, 0.717) is 5.56 Å². The highest BCUT2D eigenvalue weighted by Crippen LogP contribution is 2.34. The minimum Gasteiger partial charge on any atom is -0.496 e. The number of esters is 2. The average molecular weight is 419 g/mol. The van der Waals surface area contributed by atoms with Crippen LogP contribution >= 0.6 is 11.3 Å². The number of amides is 1. The largest absolute Gasteiger partial charge is 0.496 e. The predicted molar refractivity (Wildman–Crippen MR) is 111 cm³/mol. The number of anilines is 1. The number of benzene rings is 1. The molecule has 1 aromatic carbocycles. The minimum absolute atomic E-state index is 0.110. The van der Waals surface area contributed by atoms with Crippen molar-refractivity contribution >= 4 is 34.2 Å². The van der Waals surface area contributed by atoms with Gasteiger partial charge >= 0.3 is 11.9 Å². The van der Waals surface area contributed by atoms with Gasteiger partial charge in [-0.2, -0.15) is 0 Å². The van der Waals surface area contributed by atoms with Gasteiger partial charge in [0.2, 0.25) is 5.91 Å². The van der Waals surface area contributed by atoms with Gasteiger partial charge in [-0.05, 0) is 50.5 Å². The van der Waals surface area contributed by atoms with E-state index in [1.165, 1.54) is 0 Å². The minimum atomic E-state index is -0.590. The van der Waals surface area contributed by atoms with Crippen molar-refractivity contribution in [1.82, 2.24) is 0 Å². The third kappa shape index (κ3) is 5.35. The van der Waals surface area contributed by atoms with Gasteiger partial charge in [0.25, 0.3) is 0 Å². The maximum Gasteiger partial charge on any atom is 0.348 e. The van der Waals surface area contributed by atoms with Crippen LogP contribution < -0.4 is 10.1 Å². The van der Waals surface area contributed by atoms with Crippen LogP contribution in [0.15, 0.2) is 18.2 Å². The van der Waals surface area contributed by atoms with E-state index in [2.05, 4.69) is 5.32 Å². The quantitative estimate of drug-likeness (QED) is 0.653. The molecule has 2 aromatic rings. The summed E-state index contributed by atoms with van der Waals surface area (Å²) in [6.07, 6.45) is 0.110. The molecule has 7 nitrogen and oxygen atoms in total. The highest BCUT2D eigenvalue weighted by molar-refractivity contribution is 7.18. The number of rotatable bonds is 8. The van der Waals surface area contributed by atoms with Gasteiger partial charge in [-0.3, -0.25) is 4.79 Å². The first-order valence-electron chi connectivity index (χ1n) is 9.23. The number of carbonyl (C=O) groups is 3. The fraction of sp³-hybridized carbons (Fsp3) is 0.381. The molecule has 0 aliphatic carbocycles. The van der Waals surface area contributed by atoms with Crippen LogP contribution in [0.3, 0.4) is 0 Å². The molecule has 0 atom stereocenters. The van der Waals surface area contributed by atoms with Crippen LogP contribution in [0, 0.1) is 13.8 Å². The first-order chi connectivity index (χ1) is 13.8. The maximum atomic E-state index is 12.6. The SMILES string of the molecule is CCOC(=O)c1sc(NC(=O)Cc2ccc(OC)c(C)c2)c(C(=O)OCC)c1C. The van der Waals surface area contributed by atoms with Gasteiger partial charge in [0.15, 0.2) is 0 Å². The van der Waals surface area contributed by atoms with E-state index in [1.54, 1.807) is 40.0 Å². The second kappa shape index (κ2) is 10.1. The Hall–Kier alpha value is -2.87. The van der Waals surface area contributed by atoms with Crippen molar-refractivity contribution in [3.63, 3.8) is 0 Å². The molecule has 0 saturated carbocycles. The van der Waals surface area contributed by atoms with E-state index in [9.17, 15) is 14.4 Å². The number of hydrogen-bond acceptors (Lipinski definition) is 7. The zero-order chi connectivity index (χ0) is 21.6. The van der Waals surface area contributed by atoms with Crippen LogP contribution in [0.5, 0.6) is 5.75 Å². The lowest BCUT2D eigenvalue weighted by Crippen LogP contribution is -2.16. The lowest BCUT2D eigenvalue weighted by atomic mass is 10.1. The fourth-order valence-electron chi connectivity index (χ4n) is 2.85. The highest BCUT2D eigenvalue weighted by atomic mass is 32.1. The van der Waals surface area contributed by atoms with Gasteiger partial charge in [-0.15, -0.1) is 11.3 Å². The average Bonchev–Trinajstić information content (AvgIpc) is 2.98. The summed E-state index contributed by atoms with van der Waals surface area (Å²) in [7, 11) is 1.59. The molecule has 0 saturated heterocycles. The second-order valence-electron chi connectivity index (χ2n) is 6.23. The zero-order valence-electron chi connectivity index (χ0n) is 17.2. The molecule has 0 bridgehead atoms. The lowest BCUT2D eigenvalue weighted by molar-refractivity contribution is -0.115. The first-order valence-corrected chi connectivity index (χ1v) is 10.0. The second-order valence-corrected chi connectivity index (χ2v) is 7.25. The Morgan fingerprint density at radius 1 is 1.03 bits per heavy atom. The van der Waals surface area contributed by atoms with E-state index in [1.807, 2.05) is 13.0 Å². The molecule has 1 N–H and O–H groups in total. The molecule has 2 rings (SSSR count). The standard InChI is InChI=1S/C21H25NO6S/c1-6-27-20(24)17-13(4)18(21(25)28-7-2)29-19(17)22-16(23)11-14-8-9-15(26-5)12(3)10-14/h8-10H,6-7,11H2,1-5H3,(H,22,23). The van der Waals surface area contributed by atoms with Crippen LogP contribution in [0.2, 0.25) is 0 Å². The van der Waals surface area contributed by atoms with Gasteiger partial charge < -0.3 is 19.5 Å². The van der Waals surface area contributed by atoms with Crippen molar-refractivity contribution in [2.24, 2.45) is 0 Å². The molecule has 0 radical (unpaired) electrons. The van der Waals surface area contributed by atoms with Gasteiger partial charge in [0.1, 0.15) is 15.6 Å². The molecular formula is C21H25NO6S. The normalized spacial score (nSPS) is 10.4. The Bertz CT molecular complexity index is 918. The summed E-state index contributed by atoms with van der Waals surface area (Å²) < 4.78 is 15.4. The Morgan fingerprint density at radius 2 is 1.69 bits per heavy atom. The van der Waals surface area contributed by atoms with Crippen LogP contribution in [-0.2, 0) is 20.7 Å². The smallest absolute Gasteiger partial charge is 0.348 e. The molecule has 1 heterocycles. The van der Waals surface area contributed by atoms with Crippen molar-refractivity contribution < 1.29 is 28.6 Å². The molecule has 0 fully saturated rings. The summed E-state index contributed by atoms with van der Waals surface area (Å²) in [6.45, 7) is 7.32.